The third-order valence-corrected chi connectivity index (χ3v) is 3.76. The molecule has 0 spiro atoms. The normalized spacial score (nSPS) is 25.3. The summed E-state index contributed by atoms with van der Waals surface area (Å²) in [5.74, 6) is 0.454. The molecule has 1 rings (SSSR count). The second kappa shape index (κ2) is 6.97. The van der Waals surface area contributed by atoms with Gasteiger partial charge in [-0.1, -0.05) is 6.92 Å². The van der Waals surface area contributed by atoms with Crippen molar-refractivity contribution in [3.63, 3.8) is 0 Å². The van der Waals surface area contributed by atoms with Crippen LogP contribution in [-0.4, -0.2) is 49.7 Å². The number of methoxy groups -OCH3 is 1. The topological polar surface area (TPSA) is 41.6 Å². The van der Waals surface area contributed by atoms with Crippen molar-refractivity contribution in [3.8, 4) is 0 Å². The molecular weight excluding hydrogens is 216 g/mol. The number of ether oxygens (including phenoxy) is 1. The Balaban J connectivity index is 2.41. The Morgan fingerprint density at radius 2 is 2.24 bits per heavy atom. The molecule has 0 amide bonds. The van der Waals surface area contributed by atoms with Crippen LogP contribution in [0, 0.1) is 5.92 Å². The SMILES string of the molecule is CCN1CCCC(C(C)N[C@@H](C)C(=O)OC)C1. The van der Waals surface area contributed by atoms with Crippen LogP contribution in [0.5, 0.6) is 0 Å². The molecule has 3 atom stereocenters. The summed E-state index contributed by atoms with van der Waals surface area (Å²) in [6, 6.07) is 0.144. The summed E-state index contributed by atoms with van der Waals surface area (Å²) in [4.78, 5) is 13.8. The number of esters is 1. The van der Waals surface area contributed by atoms with Crippen LogP contribution in [0.15, 0.2) is 0 Å². The average molecular weight is 242 g/mol. The Morgan fingerprint density at radius 1 is 1.53 bits per heavy atom. The third kappa shape index (κ3) is 4.28. The molecule has 0 radical (unpaired) electrons. The first kappa shape index (κ1) is 14.5. The van der Waals surface area contributed by atoms with Gasteiger partial charge in [-0.05, 0) is 45.7 Å². The number of hydrogen-bond donors (Lipinski definition) is 1. The molecule has 0 bridgehead atoms. The molecule has 1 fully saturated rings. The molecule has 1 N–H and O–H groups in total. The fourth-order valence-corrected chi connectivity index (χ4v) is 2.56. The van der Waals surface area contributed by atoms with E-state index in [4.69, 9.17) is 4.74 Å². The van der Waals surface area contributed by atoms with E-state index < -0.39 is 0 Å². The van der Waals surface area contributed by atoms with Crippen LogP contribution in [0.3, 0.4) is 0 Å². The number of hydrogen-bond acceptors (Lipinski definition) is 4. The van der Waals surface area contributed by atoms with E-state index in [-0.39, 0.29) is 12.0 Å². The molecule has 0 aromatic carbocycles. The minimum absolute atomic E-state index is 0.181. The number of likely N-dealkylation sites (tertiary alicyclic amines) is 1. The second-order valence-corrected chi connectivity index (χ2v) is 5.00. The lowest BCUT2D eigenvalue weighted by Gasteiger charge is -2.36. The van der Waals surface area contributed by atoms with Crippen LogP contribution < -0.4 is 5.32 Å². The van der Waals surface area contributed by atoms with Gasteiger partial charge in [0.1, 0.15) is 6.04 Å². The van der Waals surface area contributed by atoms with Gasteiger partial charge in [-0.3, -0.25) is 4.79 Å². The predicted octanol–water partition coefficient (Wildman–Crippen LogP) is 1.26. The van der Waals surface area contributed by atoms with E-state index in [1.54, 1.807) is 0 Å². The second-order valence-electron chi connectivity index (χ2n) is 5.00. The van der Waals surface area contributed by atoms with E-state index in [9.17, 15) is 4.79 Å². The molecule has 2 unspecified atom stereocenters. The maximum atomic E-state index is 11.4. The molecule has 4 nitrogen and oxygen atoms in total. The van der Waals surface area contributed by atoms with Crippen molar-refractivity contribution in [1.82, 2.24) is 10.2 Å². The molecule has 0 aliphatic carbocycles. The van der Waals surface area contributed by atoms with Crippen molar-refractivity contribution in [3.05, 3.63) is 0 Å². The maximum Gasteiger partial charge on any atom is 0.322 e. The van der Waals surface area contributed by atoms with E-state index in [0.29, 0.717) is 12.0 Å². The van der Waals surface area contributed by atoms with E-state index in [1.165, 1.54) is 26.5 Å². The Labute approximate surface area is 105 Å². The number of carbonyl (C=O) groups excluding carboxylic acids is 1. The van der Waals surface area contributed by atoms with Gasteiger partial charge in [0.15, 0.2) is 0 Å². The molecule has 100 valence electrons. The number of rotatable bonds is 5. The fraction of sp³-hybridized carbons (Fsp3) is 0.923. The highest BCUT2D eigenvalue weighted by Crippen LogP contribution is 2.19. The first-order valence-electron chi connectivity index (χ1n) is 6.64. The van der Waals surface area contributed by atoms with E-state index in [0.717, 1.165) is 13.1 Å². The number of piperidine rings is 1. The molecule has 17 heavy (non-hydrogen) atoms. The monoisotopic (exact) mass is 242 g/mol. The number of nitrogens with one attached hydrogen (secondary N) is 1. The molecule has 1 aliphatic rings. The van der Waals surface area contributed by atoms with Gasteiger partial charge >= 0.3 is 5.97 Å². The van der Waals surface area contributed by atoms with E-state index in [2.05, 4.69) is 24.1 Å². The third-order valence-electron chi connectivity index (χ3n) is 3.76. The summed E-state index contributed by atoms with van der Waals surface area (Å²) in [5, 5.41) is 3.34. The van der Waals surface area contributed by atoms with Gasteiger partial charge < -0.3 is 15.0 Å². The Morgan fingerprint density at radius 3 is 2.82 bits per heavy atom. The summed E-state index contributed by atoms with van der Waals surface area (Å²) < 4.78 is 4.73. The number of nitrogens with zero attached hydrogens (tertiary/aromatic N) is 1. The summed E-state index contributed by atoms with van der Waals surface area (Å²) in [5.41, 5.74) is 0. The van der Waals surface area contributed by atoms with Gasteiger partial charge in [0.25, 0.3) is 0 Å². The van der Waals surface area contributed by atoms with Crippen LogP contribution in [0.2, 0.25) is 0 Å². The van der Waals surface area contributed by atoms with Crippen molar-refractivity contribution in [1.29, 1.82) is 0 Å². The first-order valence-corrected chi connectivity index (χ1v) is 6.64. The van der Waals surface area contributed by atoms with Crippen molar-refractivity contribution in [2.45, 2.75) is 45.7 Å². The molecule has 0 aromatic heterocycles. The van der Waals surface area contributed by atoms with Crippen molar-refractivity contribution in [2.24, 2.45) is 5.92 Å². The Hall–Kier alpha value is -0.610. The Kier molecular flexibility index (Phi) is 5.92. The fourth-order valence-electron chi connectivity index (χ4n) is 2.56. The highest BCUT2D eigenvalue weighted by molar-refractivity contribution is 5.75. The van der Waals surface area contributed by atoms with Gasteiger partial charge in [-0.15, -0.1) is 0 Å². The zero-order valence-corrected chi connectivity index (χ0v) is 11.5. The van der Waals surface area contributed by atoms with Crippen molar-refractivity contribution < 1.29 is 9.53 Å². The average Bonchev–Trinajstić information content (AvgIpc) is 2.37. The molecule has 0 saturated carbocycles. The molecule has 1 saturated heterocycles. The van der Waals surface area contributed by atoms with E-state index >= 15 is 0 Å². The van der Waals surface area contributed by atoms with Crippen LogP contribution in [0.1, 0.15) is 33.6 Å². The van der Waals surface area contributed by atoms with Gasteiger partial charge in [0.2, 0.25) is 0 Å². The lowest BCUT2D eigenvalue weighted by molar-refractivity contribution is -0.143. The van der Waals surface area contributed by atoms with Crippen molar-refractivity contribution >= 4 is 5.97 Å². The van der Waals surface area contributed by atoms with Gasteiger partial charge in [0.05, 0.1) is 7.11 Å². The molecular formula is C13H26N2O2. The van der Waals surface area contributed by atoms with Crippen LogP contribution in [0.25, 0.3) is 0 Å². The van der Waals surface area contributed by atoms with Gasteiger partial charge in [0, 0.05) is 12.6 Å². The number of carbonyl (C=O) groups is 1. The summed E-state index contributed by atoms with van der Waals surface area (Å²) in [7, 11) is 1.44. The van der Waals surface area contributed by atoms with Crippen molar-refractivity contribution in [2.75, 3.05) is 26.7 Å². The molecule has 4 heteroatoms. The quantitative estimate of drug-likeness (QED) is 0.737. The van der Waals surface area contributed by atoms with Crippen LogP contribution >= 0.6 is 0 Å². The molecule has 1 heterocycles. The zero-order valence-electron chi connectivity index (χ0n) is 11.5. The maximum absolute atomic E-state index is 11.4. The first-order chi connectivity index (χ1) is 8.08. The standard InChI is InChI=1S/C13H26N2O2/c1-5-15-8-6-7-12(9-15)10(2)14-11(3)13(16)17-4/h10-12,14H,5-9H2,1-4H3/t10?,11-,12?/m0/s1. The largest absolute Gasteiger partial charge is 0.468 e. The minimum Gasteiger partial charge on any atom is -0.468 e. The van der Waals surface area contributed by atoms with Gasteiger partial charge in [-0.25, -0.2) is 0 Å². The lowest BCUT2D eigenvalue weighted by atomic mass is 9.91. The van der Waals surface area contributed by atoms with E-state index in [1.807, 2.05) is 6.92 Å². The highest BCUT2D eigenvalue weighted by Gasteiger charge is 2.26. The van der Waals surface area contributed by atoms with Crippen LogP contribution in [-0.2, 0) is 9.53 Å². The van der Waals surface area contributed by atoms with Crippen LogP contribution in [0.4, 0.5) is 0 Å². The lowest BCUT2D eigenvalue weighted by Crippen LogP contribution is -2.48. The zero-order chi connectivity index (χ0) is 12.8. The minimum atomic E-state index is -0.216. The Bertz CT molecular complexity index is 246. The van der Waals surface area contributed by atoms with Gasteiger partial charge in [-0.2, -0.15) is 0 Å². The summed E-state index contributed by atoms with van der Waals surface area (Å²) >= 11 is 0. The highest BCUT2D eigenvalue weighted by atomic mass is 16.5. The smallest absolute Gasteiger partial charge is 0.322 e. The predicted molar refractivity (Wildman–Crippen MR) is 68.9 cm³/mol. The molecule has 0 aromatic rings. The summed E-state index contributed by atoms with van der Waals surface area (Å²) in [6.07, 6.45) is 2.51. The summed E-state index contributed by atoms with van der Waals surface area (Å²) in [6.45, 7) is 9.71. The molecule has 1 aliphatic heterocycles.